The van der Waals surface area contributed by atoms with Gasteiger partial charge >= 0.3 is 0 Å². The predicted octanol–water partition coefficient (Wildman–Crippen LogP) is 1.24. The number of hydrogen-bond donors (Lipinski definition) is 1. The topological polar surface area (TPSA) is 32.3 Å². The second-order valence-electron chi connectivity index (χ2n) is 4.67. The maximum absolute atomic E-state index is 12.6. The minimum atomic E-state index is -2.30. The van der Waals surface area contributed by atoms with Gasteiger partial charge in [-0.25, -0.2) is 8.78 Å². The van der Waals surface area contributed by atoms with E-state index in [4.69, 9.17) is 0 Å². The van der Waals surface area contributed by atoms with E-state index in [1.54, 1.807) is 4.90 Å². The first-order valence-electron chi connectivity index (χ1n) is 5.99. The smallest absolute Gasteiger partial charge is 0.243 e. The Balaban J connectivity index is 1.90. The number of nitrogens with zero attached hydrogens (tertiary/aromatic N) is 1. The zero-order valence-electron chi connectivity index (χ0n) is 9.29. The molecule has 2 fully saturated rings. The van der Waals surface area contributed by atoms with Gasteiger partial charge in [0, 0.05) is 19.0 Å². The summed E-state index contributed by atoms with van der Waals surface area (Å²) in [5.74, 6) is -0.609. The van der Waals surface area contributed by atoms with Crippen LogP contribution >= 0.6 is 0 Å². The van der Waals surface area contributed by atoms with Gasteiger partial charge in [-0.2, -0.15) is 0 Å². The fourth-order valence-corrected chi connectivity index (χ4v) is 2.53. The molecule has 2 saturated heterocycles. The Morgan fingerprint density at radius 3 is 2.75 bits per heavy atom. The maximum Gasteiger partial charge on any atom is 0.243 e. The van der Waals surface area contributed by atoms with E-state index in [1.165, 1.54) is 0 Å². The van der Waals surface area contributed by atoms with Crippen molar-refractivity contribution >= 4 is 5.91 Å². The van der Waals surface area contributed by atoms with E-state index in [0.717, 1.165) is 19.4 Å². The lowest BCUT2D eigenvalue weighted by atomic mass is 9.98. The Morgan fingerprint density at radius 1 is 1.31 bits per heavy atom. The van der Waals surface area contributed by atoms with Crippen molar-refractivity contribution in [2.24, 2.45) is 5.92 Å². The first kappa shape index (κ1) is 11.8. The van der Waals surface area contributed by atoms with Gasteiger partial charge in [-0.3, -0.25) is 4.79 Å². The molecule has 3 nitrogen and oxygen atoms in total. The Morgan fingerprint density at radius 2 is 2.12 bits per heavy atom. The summed E-state index contributed by atoms with van der Waals surface area (Å²) < 4.78 is 25.2. The first-order valence-corrected chi connectivity index (χ1v) is 5.99. The highest BCUT2D eigenvalue weighted by molar-refractivity contribution is 5.82. The standard InChI is InChI=1S/C11H18F2N2O/c12-10(13)8-3-2-6-15(7-8)11(16)9-4-1-5-14-9/h8-10,14H,1-7H2/t8-,9-/m1/s1. The number of rotatable bonds is 2. The van der Waals surface area contributed by atoms with E-state index < -0.39 is 12.3 Å². The van der Waals surface area contributed by atoms with Crippen molar-refractivity contribution in [3.05, 3.63) is 0 Å². The van der Waals surface area contributed by atoms with Crippen molar-refractivity contribution in [2.45, 2.75) is 38.2 Å². The summed E-state index contributed by atoms with van der Waals surface area (Å²) in [6.45, 7) is 1.73. The fourth-order valence-electron chi connectivity index (χ4n) is 2.53. The van der Waals surface area contributed by atoms with E-state index in [1.807, 2.05) is 0 Å². The number of hydrogen-bond acceptors (Lipinski definition) is 2. The van der Waals surface area contributed by atoms with Crippen LogP contribution in [0, 0.1) is 5.92 Å². The van der Waals surface area contributed by atoms with E-state index in [0.29, 0.717) is 19.4 Å². The van der Waals surface area contributed by atoms with Gasteiger partial charge in [-0.15, -0.1) is 0 Å². The minimum absolute atomic E-state index is 0.0165. The molecule has 92 valence electrons. The van der Waals surface area contributed by atoms with Crippen LogP contribution in [0.1, 0.15) is 25.7 Å². The van der Waals surface area contributed by atoms with Crippen LogP contribution in [0.4, 0.5) is 8.78 Å². The monoisotopic (exact) mass is 232 g/mol. The van der Waals surface area contributed by atoms with Crippen LogP contribution < -0.4 is 5.32 Å². The molecule has 1 amide bonds. The number of piperidine rings is 1. The lowest BCUT2D eigenvalue weighted by molar-refractivity contribution is -0.136. The second-order valence-corrected chi connectivity index (χ2v) is 4.67. The molecular weight excluding hydrogens is 214 g/mol. The third-order valence-electron chi connectivity index (χ3n) is 3.48. The number of halogens is 2. The molecule has 16 heavy (non-hydrogen) atoms. The van der Waals surface area contributed by atoms with Crippen molar-refractivity contribution in [2.75, 3.05) is 19.6 Å². The van der Waals surface area contributed by atoms with Crippen LogP contribution in [0.2, 0.25) is 0 Å². The highest BCUT2D eigenvalue weighted by atomic mass is 19.3. The molecule has 0 saturated carbocycles. The summed E-state index contributed by atoms with van der Waals surface area (Å²) >= 11 is 0. The van der Waals surface area contributed by atoms with Crippen molar-refractivity contribution in [3.8, 4) is 0 Å². The van der Waals surface area contributed by atoms with Gasteiger partial charge < -0.3 is 10.2 Å². The molecule has 0 aromatic heterocycles. The molecule has 0 bridgehead atoms. The van der Waals surface area contributed by atoms with E-state index in [9.17, 15) is 13.6 Å². The summed E-state index contributed by atoms with van der Waals surface area (Å²) in [6.07, 6.45) is 0.789. The summed E-state index contributed by atoms with van der Waals surface area (Å²) in [5, 5.41) is 3.12. The molecule has 2 atom stereocenters. The fraction of sp³-hybridized carbons (Fsp3) is 0.909. The number of nitrogens with one attached hydrogen (secondary N) is 1. The van der Waals surface area contributed by atoms with Crippen molar-refractivity contribution in [1.29, 1.82) is 0 Å². The van der Waals surface area contributed by atoms with Crippen LogP contribution in [-0.2, 0) is 4.79 Å². The van der Waals surface area contributed by atoms with E-state index in [2.05, 4.69) is 5.32 Å². The number of alkyl halides is 2. The van der Waals surface area contributed by atoms with Gasteiger partial charge in [0.25, 0.3) is 0 Å². The number of likely N-dealkylation sites (tertiary alicyclic amines) is 1. The third kappa shape index (κ3) is 2.51. The highest BCUT2D eigenvalue weighted by Crippen LogP contribution is 2.23. The molecule has 0 aromatic carbocycles. The lowest BCUT2D eigenvalue weighted by Crippen LogP contribution is -2.48. The van der Waals surface area contributed by atoms with Crippen LogP contribution in [0.3, 0.4) is 0 Å². The normalized spacial score (nSPS) is 31.1. The largest absolute Gasteiger partial charge is 0.341 e. The molecule has 2 heterocycles. The van der Waals surface area contributed by atoms with Crippen LogP contribution in [0.25, 0.3) is 0 Å². The number of carbonyl (C=O) groups excluding carboxylic acids is 1. The Bertz CT molecular complexity index is 254. The first-order chi connectivity index (χ1) is 7.68. The highest BCUT2D eigenvalue weighted by Gasteiger charge is 2.33. The average Bonchev–Trinajstić information content (AvgIpc) is 2.81. The summed E-state index contributed by atoms with van der Waals surface area (Å²) in [5.41, 5.74) is 0. The molecule has 1 N–H and O–H groups in total. The van der Waals surface area contributed by atoms with Gasteiger partial charge in [0.2, 0.25) is 12.3 Å². The predicted molar refractivity (Wildman–Crippen MR) is 56.3 cm³/mol. The van der Waals surface area contributed by atoms with E-state index in [-0.39, 0.29) is 18.5 Å². The van der Waals surface area contributed by atoms with Crippen molar-refractivity contribution in [3.63, 3.8) is 0 Å². The third-order valence-corrected chi connectivity index (χ3v) is 3.48. The van der Waals surface area contributed by atoms with Gasteiger partial charge in [0.1, 0.15) is 0 Å². The summed E-state index contributed by atoms with van der Waals surface area (Å²) in [6, 6.07) is -0.128. The van der Waals surface area contributed by atoms with E-state index >= 15 is 0 Å². The molecule has 0 spiro atoms. The molecule has 2 rings (SSSR count). The van der Waals surface area contributed by atoms with Crippen molar-refractivity contribution in [1.82, 2.24) is 10.2 Å². The molecule has 2 aliphatic heterocycles. The molecule has 0 radical (unpaired) electrons. The van der Waals surface area contributed by atoms with Gasteiger partial charge in [-0.1, -0.05) is 0 Å². The molecule has 0 aliphatic carbocycles. The molecule has 0 unspecified atom stereocenters. The quantitative estimate of drug-likeness (QED) is 0.777. The lowest BCUT2D eigenvalue weighted by Gasteiger charge is -2.33. The van der Waals surface area contributed by atoms with Crippen LogP contribution in [-0.4, -0.2) is 42.9 Å². The average molecular weight is 232 g/mol. The molecular formula is C11H18F2N2O. The van der Waals surface area contributed by atoms with Crippen LogP contribution in [0.15, 0.2) is 0 Å². The van der Waals surface area contributed by atoms with Gasteiger partial charge in [0.05, 0.1) is 6.04 Å². The maximum atomic E-state index is 12.6. The molecule has 5 heteroatoms. The SMILES string of the molecule is O=C([C@H]1CCCN1)N1CCC[C@@H](C(F)F)C1. The Labute approximate surface area is 94.2 Å². The summed E-state index contributed by atoms with van der Waals surface area (Å²) in [4.78, 5) is 13.6. The number of carbonyl (C=O) groups is 1. The molecule has 2 aliphatic rings. The Hall–Kier alpha value is -0.710. The Kier molecular flexibility index (Phi) is 3.74. The minimum Gasteiger partial charge on any atom is -0.341 e. The second kappa shape index (κ2) is 5.08. The van der Waals surface area contributed by atoms with Crippen LogP contribution in [0.5, 0.6) is 0 Å². The van der Waals surface area contributed by atoms with Crippen molar-refractivity contribution < 1.29 is 13.6 Å². The zero-order chi connectivity index (χ0) is 11.5. The summed E-state index contributed by atoms with van der Waals surface area (Å²) in [7, 11) is 0. The zero-order valence-corrected chi connectivity index (χ0v) is 9.29. The molecule has 0 aromatic rings. The number of amides is 1. The van der Waals surface area contributed by atoms with Gasteiger partial charge in [-0.05, 0) is 32.2 Å². The van der Waals surface area contributed by atoms with Gasteiger partial charge in [0.15, 0.2) is 0 Å².